The molecule has 3 heterocycles. The van der Waals surface area contributed by atoms with Crippen molar-refractivity contribution < 1.29 is 20.1 Å². The molecule has 4 aromatic carbocycles. The fourth-order valence-electron chi connectivity index (χ4n) is 5.72. The number of hydrogen-bond donors (Lipinski definition) is 0. The average molecular weight is 918 g/mol. The van der Waals surface area contributed by atoms with Crippen molar-refractivity contribution in [2.75, 3.05) is 0 Å². The quantitative estimate of drug-likeness (QED) is 0.127. The van der Waals surface area contributed by atoms with Crippen LogP contribution in [0.1, 0.15) is 0 Å². The Bertz CT molecular complexity index is 2180. The number of hydrogen-bond acceptors (Lipinski definition) is 3. The van der Waals surface area contributed by atoms with E-state index in [2.05, 4.69) is 147 Å². The largest absolute Gasteiger partial charge is 0.305 e. The molecule has 0 saturated carbocycles. The maximum absolute atomic E-state index is 4.85. The Balaban J connectivity index is 0.000000224. The molecule has 0 aliphatic heterocycles. The van der Waals surface area contributed by atoms with Crippen molar-refractivity contribution in [3.8, 4) is 22.5 Å². The van der Waals surface area contributed by atoms with Crippen LogP contribution in [0.15, 0.2) is 103 Å². The molecule has 0 aliphatic carbocycles. The molecular weight excluding hydrogens is 874 g/mol. The van der Waals surface area contributed by atoms with Gasteiger partial charge in [-0.25, -0.2) is 0 Å². The van der Waals surface area contributed by atoms with E-state index in [9.17, 15) is 0 Å². The van der Waals surface area contributed by atoms with Crippen LogP contribution in [0.2, 0.25) is 56.6 Å². The van der Waals surface area contributed by atoms with Gasteiger partial charge in [0.2, 0.25) is 0 Å². The van der Waals surface area contributed by atoms with Gasteiger partial charge in [-0.1, -0.05) is 51.4 Å². The third-order valence-corrected chi connectivity index (χ3v) is 18.4. The summed E-state index contributed by atoms with van der Waals surface area (Å²) in [5.41, 5.74) is 4.20. The molecule has 0 N–H and O–H groups in total. The van der Waals surface area contributed by atoms with Crippen molar-refractivity contribution in [3.05, 3.63) is 116 Å². The molecule has 7 heteroatoms. The molecule has 0 spiro atoms. The number of benzene rings is 4. The maximum Gasteiger partial charge on any atom is 0.0795 e. The van der Waals surface area contributed by atoms with Crippen LogP contribution >= 0.6 is 11.3 Å². The average Bonchev–Trinajstić information content (AvgIpc) is 3.44. The third kappa shape index (κ3) is 7.85. The van der Waals surface area contributed by atoms with Gasteiger partial charge >= 0.3 is 166 Å². The monoisotopic (exact) mass is 919 g/mol. The Labute approximate surface area is 308 Å². The maximum atomic E-state index is 4.85. The number of rotatable bonds is 5. The molecule has 7 rings (SSSR count). The van der Waals surface area contributed by atoms with Crippen LogP contribution in [0, 0.1) is 12.1 Å². The number of aromatic nitrogens is 2. The Hall–Kier alpha value is -2.71. The van der Waals surface area contributed by atoms with E-state index >= 15 is 0 Å². The van der Waals surface area contributed by atoms with E-state index in [0.717, 1.165) is 22.5 Å². The molecule has 0 atom stereocenters. The van der Waals surface area contributed by atoms with E-state index in [1.807, 2.05) is 41.8 Å². The van der Waals surface area contributed by atoms with Crippen LogP contribution in [-0.2, 0) is 20.1 Å². The first kappa shape index (κ1) is 36.6. The minimum absolute atomic E-state index is 0. The number of thiophene rings is 1. The molecular formula is C41H44GeIrN2SSi2-2. The van der Waals surface area contributed by atoms with Crippen LogP contribution in [0.3, 0.4) is 0 Å². The van der Waals surface area contributed by atoms with Crippen molar-refractivity contribution in [3.63, 3.8) is 0 Å². The van der Waals surface area contributed by atoms with Gasteiger partial charge in [0.1, 0.15) is 0 Å². The van der Waals surface area contributed by atoms with Crippen molar-refractivity contribution in [1.82, 2.24) is 9.97 Å². The summed E-state index contributed by atoms with van der Waals surface area (Å²) in [4.78, 5) is 9.37. The fourth-order valence-corrected chi connectivity index (χ4v) is 11.6. The number of nitrogens with zero attached hydrogens (tertiary/aromatic N) is 2. The molecule has 48 heavy (non-hydrogen) atoms. The molecule has 0 fully saturated rings. The summed E-state index contributed by atoms with van der Waals surface area (Å²) in [6, 6.07) is 39.4. The second-order valence-electron chi connectivity index (χ2n) is 15.5. The summed E-state index contributed by atoms with van der Waals surface area (Å²) in [5, 5.41) is 8.16. The third-order valence-electron chi connectivity index (χ3n) is 8.78. The number of pyridine rings is 2. The summed E-state index contributed by atoms with van der Waals surface area (Å²) in [7, 11) is -2.58. The first-order valence-electron chi connectivity index (χ1n) is 16.4. The molecule has 0 unspecified atom stereocenters. The predicted molar refractivity (Wildman–Crippen MR) is 216 cm³/mol. The van der Waals surface area contributed by atoms with Crippen LogP contribution in [-0.4, -0.2) is 39.4 Å². The van der Waals surface area contributed by atoms with E-state index in [0.29, 0.717) is 0 Å². The van der Waals surface area contributed by atoms with Gasteiger partial charge in [-0.3, -0.25) is 0 Å². The van der Waals surface area contributed by atoms with Crippen molar-refractivity contribution in [2.24, 2.45) is 0 Å². The van der Waals surface area contributed by atoms with E-state index in [1.54, 1.807) is 4.40 Å². The van der Waals surface area contributed by atoms with Crippen molar-refractivity contribution in [1.29, 1.82) is 0 Å². The molecule has 0 aliphatic rings. The SMILES string of the molecule is C[Si](C)(C)c1ccc(-c2[c-]ccc3c2sc2c4cc[c]([Ge]([CH3])([CH3])[CH3])cc4ccc32)nc1.C[Si](C)(C)c1ccc(-c2[c-]cccc2)nc1.[Ir]. The Kier molecular flexibility index (Phi) is 10.9. The fraction of sp³-hybridized carbons (Fsp3) is 0.220. The van der Waals surface area contributed by atoms with E-state index in [4.69, 9.17) is 4.98 Å². The van der Waals surface area contributed by atoms with E-state index < -0.39 is 29.4 Å². The second-order valence-corrected chi connectivity index (χ2v) is 37.3. The molecule has 3 aromatic heterocycles. The normalized spacial score (nSPS) is 12.1. The minimum atomic E-state index is -1.85. The molecule has 7 aromatic rings. The standard InChI is InChI=1S/C27H28GeNSSi.C14H16NSi.Ir/c1-28(2,3)19-11-14-21-18(16-19)10-13-23-22-8-7-9-24(27(22)30-26(21)23)25-15-12-20(17-29-25)31(4,5)6;1-16(2,3)13-9-10-14(15-11-13)12-7-5-4-6-8-12;/h7-8,10-17H,1-6H3;4-7,9-11H,1-3H3;/q2*-1;. The van der Waals surface area contributed by atoms with Gasteiger partial charge in [-0.05, 0) is 10.9 Å². The Morgan fingerprint density at radius 2 is 1.23 bits per heavy atom. The number of fused-ring (bicyclic) bond motifs is 5. The Morgan fingerprint density at radius 3 is 1.79 bits per heavy atom. The molecule has 0 saturated heterocycles. The first-order chi connectivity index (χ1) is 22.2. The first-order valence-corrected chi connectivity index (χ1v) is 31.6. The zero-order valence-electron chi connectivity index (χ0n) is 29.5. The van der Waals surface area contributed by atoms with Gasteiger partial charge < -0.3 is 4.98 Å². The van der Waals surface area contributed by atoms with Gasteiger partial charge in [0.05, 0.1) is 16.1 Å². The van der Waals surface area contributed by atoms with E-state index in [-0.39, 0.29) is 20.1 Å². The molecule has 0 amide bonds. The van der Waals surface area contributed by atoms with Gasteiger partial charge in [-0.2, -0.15) is 0 Å². The van der Waals surface area contributed by atoms with Gasteiger partial charge in [0.25, 0.3) is 0 Å². The van der Waals surface area contributed by atoms with Crippen LogP contribution in [0.25, 0.3) is 53.5 Å². The molecule has 1 radical (unpaired) electrons. The predicted octanol–water partition coefficient (Wildman–Crippen LogP) is 10.3. The van der Waals surface area contributed by atoms with Gasteiger partial charge in [-0.15, -0.1) is 35.9 Å². The smallest absolute Gasteiger partial charge is 0.0795 e. The topological polar surface area (TPSA) is 25.8 Å². The zero-order chi connectivity index (χ0) is 33.6. The zero-order valence-corrected chi connectivity index (χ0v) is 36.8. The van der Waals surface area contributed by atoms with E-state index in [1.165, 1.54) is 41.3 Å². The summed E-state index contributed by atoms with van der Waals surface area (Å²) in [6.45, 7) is 14.1. The van der Waals surface area contributed by atoms with Gasteiger partial charge in [0.15, 0.2) is 0 Å². The summed E-state index contributed by atoms with van der Waals surface area (Å²) >= 11 is 0.0422. The Morgan fingerprint density at radius 1 is 0.604 bits per heavy atom. The van der Waals surface area contributed by atoms with Crippen LogP contribution in [0.5, 0.6) is 0 Å². The van der Waals surface area contributed by atoms with Crippen LogP contribution < -0.4 is 14.8 Å². The summed E-state index contributed by atoms with van der Waals surface area (Å²) in [5.74, 6) is 7.38. The van der Waals surface area contributed by atoms with Gasteiger partial charge in [0, 0.05) is 26.3 Å². The van der Waals surface area contributed by atoms with Crippen molar-refractivity contribution in [2.45, 2.75) is 56.6 Å². The van der Waals surface area contributed by atoms with Crippen LogP contribution in [0.4, 0.5) is 0 Å². The minimum Gasteiger partial charge on any atom is -0.305 e. The second kappa shape index (κ2) is 14.3. The summed E-state index contributed by atoms with van der Waals surface area (Å²) in [6.07, 6.45) is 4.10. The molecule has 247 valence electrons. The van der Waals surface area contributed by atoms with Crippen molar-refractivity contribution >= 4 is 86.5 Å². The molecule has 2 nitrogen and oxygen atoms in total. The molecule has 0 bridgehead atoms. The summed E-state index contributed by atoms with van der Waals surface area (Å²) < 4.78 is 4.23.